The van der Waals surface area contributed by atoms with Gasteiger partial charge >= 0.3 is 0 Å². The molecule has 1 aliphatic carbocycles. The van der Waals surface area contributed by atoms with Gasteiger partial charge in [-0.05, 0) is 12.8 Å². The third-order valence-corrected chi connectivity index (χ3v) is 9.36. The standard InChI is InChI=1S/C22H25Si/c1-3-4-11-19-16-17-22(18-19)23(2,20-12-7-5-8-13-20)21-14-9-6-10-15-21/h5-10,12-18H,3-4,11H2,1-2H3. The normalized spacial score (nSPS) is 15.0. The molecule has 2 aromatic rings. The van der Waals surface area contributed by atoms with Crippen LogP contribution in [0.2, 0.25) is 6.55 Å². The van der Waals surface area contributed by atoms with E-state index in [0.717, 1.165) is 0 Å². The highest BCUT2D eigenvalue weighted by atomic mass is 28.3. The molecule has 0 N–H and O–H groups in total. The van der Waals surface area contributed by atoms with Crippen molar-refractivity contribution in [3.8, 4) is 0 Å². The van der Waals surface area contributed by atoms with Gasteiger partial charge in [0.2, 0.25) is 0 Å². The summed E-state index contributed by atoms with van der Waals surface area (Å²) in [7, 11) is -1.90. The summed E-state index contributed by atoms with van der Waals surface area (Å²) in [5.74, 6) is 0. The van der Waals surface area contributed by atoms with E-state index in [1.54, 1.807) is 0 Å². The minimum Gasteiger partial charge on any atom is -0.0754 e. The summed E-state index contributed by atoms with van der Waals surface area (Å²) in [6, 6.07) is 22.1. The van der Waals surface area contributed by atoms with Crippen LogP contribution in [0.4, 0.5) is 0 Å². The Morgan fingerprint density at radius 3 is 1.87 bits per heavy atom. The predicted octanol–water partition coefficient (Wildman–Crippen LogP) is 4.68. The molecule has 1 aliphatic rings. The lowest BCUT2D eigenvalue weighted by atomic mass is 10.1. The van der Waals surface area contributed by atoms with Crippen LogP contribution >= 0.6 is 0 Å². The maximum absolute atomic E-state index is 2.48. The van der Waals surface area contributed by atoms with Crippen LogP contribution < -0.4 is 10.4 Å². The van der Waals surface area contributed by atoms with Crippen LogP contribution in [-0.4, -0.2) is 8.07 Å². The highest BCUT2D eigenvalue weighted by molar-refractivity contribution is 7.06. The second-order valence-electron chi connectivity index (χ2n) is 6.47. The molecule has 0 saturated carbocycles. The molecule has 0 aromatic heterocycles. The van der Waals surface area contributed by atoms with Gasteiger partial charge in [0.15, 0.2) is 0 Å². The van der Waals surface area contributed by atoms with E-state index in [2.05, 4.69) is 92.4 Å². The van der Waals surface area contributed by atoms with Gasteiger partial charge < -0.3 is 0 Å². The van der Waals surface area contributed by atoms with Crippen molar-refractivity contribution < 1.29 is 0 Å². The van der Waals surface area contributed by atoms with Crippen LogP contribution in [0.15, 0.2) is 84.5 Å². The molecule has 117 valence electrons. The van der Waals surface area contributed by atoms with Crippen molar-refractivity contribution in [2.24, 2.45) is 0 Å². The van der Waals surface area contributed by atoms with E-state index in [1.807, 2.05) is 0 Å². The van der Waals surface area contributed by atoms with Crippen LogP contribution in [-0.2, 0) is 0 Å². The average molecular weight is 318 g/mol. The van der Waals surface area contributed by atoms with Gasteiger partial charge in [0.05, 0.1) is 0 Å². The Morgan fingerprint density at radius 1 is 0.783 bits per heavy atom. The first kappa shape index (κ1) is 16.0. The first-order chi connectivity index (χ1) is 11.2. The van der Waals surface area contributed by atoms with Crippen molar-refractivity contribution in [1.82, 2.24) is 0 Å². The zero-order valence-corrected chi connectivity index (χ0v) is 15.1. The SMILES string of the molecule is CCCCC1=C[C]([Si](C)(c2ccccc2)c2ccccc2)C=C1. The predicted molar refractivity (Wildman–Crippen MR) is 104 cm³/mol. The maximum atomic E-state index is 2.48. The van der Waals surface area contributed by atoms with Gasteiger partial charge in [-0.1, -0.05) is 115 Å². The second kappa shape index (κ2) is 7.14. The smallest absolute Gasteiger partial charge is 0.0754 e. The Labute approximate surface area is 141 Å². The lowest BCUT2D eigenvalue weighted by Crippen LogP contribution is -2.59. The van der Waals surface area contributed by atoms with E-state index in [1.165, 1.54) is 40.8 Å². The van der Waals surface area contributed by atoms with Gasteiger partial charge in [-0.2, -0.15) is 0 Å². The molecule has 0 nitrogen and oxygen atoms in total. The molecule has 23 heavy (non-hydrogen) atoms. The lowest BCUT2D eigenvalue weighted by Gasteiger charge is -2.32. The summed E-state index contributed by atoms with van der Waals surface area (Å²) in [5.41, 5.74) is 3.02. The van der Waals surface area contributed by atoms with E-state index in [9.17, 15) is 0 Å². The Bertz CT molecular complexity index is 643. The minimum absolute atomic E-state index is 1.20. The molecular weight excluding hydrogens is 292 g/mol. The molecular formula is C22H25Si. The van der Waals surface area contributed by atoms with Crippen LogP contribution in [0, 0.1) is 5.54 Å². The Morgan fingerprint density at radius 2 is 1.35 bits per heavy atom. The highest BCUT2D eigenvalue weighted by Crippen LogP contribution is 2.30. The van der Waals surface area contributed by atoms with E-state index in [4.69, 9.17) is 0 Å². The highest BCUT2D eigenvalue weighted by Gasteiger charge is 2.39. The van der Waals surface area contributed by atoms with Crippen LogP contribution in [0.1, 0.15) is 26.2 Å². The van der Waals surface area contributed by atoms with E-state index >= 15 is 0 Å². The molecule has 2 aromatic carbocycles. The van der Waals surface area contributed by atoms with Crippen LogP contribution in [0.3, 0.4) is 0 Å². The van der Waals surface area contributed by atoms with Crippen molar-refractivity contribution in [2.75, 3.05) is 0 Å². The van der Waals surface area contributed by atoms with Crippen LogP contribution in [0.5, 0.6) is 0 Å². The first-order valence-electron chi connectivity index (χ1n) is 8.62. The molecule has 1 heteroatoms. The zero-order valence-electron chi connectivity index (χ0n) is 14.1. The largest absolute Gasteiger partial charge is 0.129 e. The second-order valence-corrected chi connectivity index (χ2v) is 10.5. The minimum atomic E-state index is -1.90. The first-order valence-corrected chi connectivity index (χ1v) is 11.1. The molecule has 3 rings (SSSR count). The van der Waals surface area contributed by atoms with Gasteiger partial charge in [0, 0.05) is 5.54 Å². The number of unbranched alkanes of at least 4 members (excludes halogenated alkanes) is 1. The third-order valence-electron chi connectivity index (χ3n) is 4.92. The van der Waals surface area contributed by atoms with E-state index in [-0.39, 0.29) is 0 Å². The van der Waals surface area contributed by atoms with Gasteiger partial charge in [-0.15, -0.1) is 0 Å². The maximum Gasteiger partial charge on any atom is 0.129 e. The summed E-state index contributed by atoms with van der Waals surface area (Å²) in [4.78, 5) is 0. The lowest BCUT2D eigenvalue weighted by molar-refractivity contribution is 0.799. The molecule has 0 aliphatic heterocycles. The zero-order chi connectivity index (χ0) is 16.1. The van der Waals surface area contributed by atoms with E-state index in [0.29, 0.717) is 0 Å². The molecule has 0 bridgehead atoms. The summed E-state index contributed by atoms with van der Waals surface area (Å²) in [5, 5.41) is 2.97. The average Bonchev–Trinajstić information content (AvgIpc) is 3.10. The van der Waals surface area contributed by atoms with Crippen molar-refractivity contribution in [3.63, 3.8) is 0 Å². The Kier molecular flexibility index (Phi) is 4.97. The molecule has 0 atom stereocenters. The molecule has 0 fully saturated rings. The van der Waals surface area contributed by atoms with Gasteiger partial charge in [-0.3, -0.25) is 0 Å². The molecule has 1 radical (unpaired) electrons. The fraction of sp³-hybridized carbons (Fsp3) is 0.227. The number of hydrogen-bond acceptors (Lipinski definition) is 0. The molecule has 0 heterocycles. The summed E-state index contributed by atoms with van der Waals surface area (Å²) < 4.78 is 0. The van der Waals surface area contributed by atoms with Crippen LogP contribution in [0.25, 0.3) is 0 Å². The summed E-state index contributed by atoms with van der Waals surface area (Å²) in [6.45, 7) is 4.74. The van der Waals surface area contributed by atoms with Gasteiger partial charge in [0.1, 0.15) is 8.07 Å². The number of rotatable bonds is 6. The Hall–Kier alpha value is -1.86. The van der Waals surface area contributed by atoms with Gasteiger partial charge in [0.25, 0.3) is 0 Å². The number of allylic oxidation sites excluding steroid dienone is 4. The molecule has 0 unspecified atom stereocenters. The number of hydrogen-bond donors (Lipinski definition) is 0. The third kappa shape index (κ3) is 3.25. The van der Waals surface area contributed by atoms with Crippen molar-refractivity contribution in [1.29, 1.82) is 0 Å². The van der Waals surface area contributed by atoms with Crippen molar-refractivity contribution in [2.45, 2.75) is 32.7 Å². The van der Waals surface area contributed by atoms with Crippen molar-refractivity contribution in [3.05, 3.63) is 90.0 Å². The monoisotopic (exact) mass is 317 g/mol. The Balaban J connectivity index is 2.01. The molecule has 0 spiro atoms. The quantitative estimate of drug-likeness (QED) is 0.679. The van der Waals surface area contributed by atoms with E-state index < -0.39 is 8.07 Å². The fourth-order valence-electron chi connectivity index (χ4n) is 3.38. The van der Waals surface area contributed by atoms with Crippen molar-refractivity contribution >= 4 is 18.4 Å². The fourth-order valence-corrected chi connectivity index (χ4v) is 6.99. The van der Waals surface area contributed by atoms with Gasteiger partial charge in [-0.25, -0.2) is 0 Å². The summed E-state index contributed by atoms with van der Waals surface area (Å²) >= 11 is 0. The summed E-state index contributed by atoms with van der Waals surface area (Å²) in [6.07, 6.45) is 10.9. The number of benzene rings is 2. The molecule has 0 amide bonds. The molecule has 0 saturated heterocycles. The topological polar surface area (TPSA) is 0 Å².